The van der Waals surface area contributed by atoms with Crippen LogP contribution in [0.3, 0.4) is 0 Å². The molecule has 3 heterocycles. The number of likely N-dealkylation sites (tertiary alicyclic amines) is 1. The average Bonchev–Trinajstić information content (AvgIpc) is 3.56. The molecule has 3 amide bonds. The maximum atomic E-state index is 13.8. The zero-order valence-electron chi connectivity index (χ0n) is 20.6. The van der Waals surface area contributed by atoms with Gasteiger partial charge in [0.1, 0.15) is 17.8 Å². The highest BCUT2D eigenvalue weighted by molar-refractivity contribution is 5.97. The van der Waals surface area contributed by atoms with E-state index in [2.05, 4.69) is 5.32 Å². The van der Waals surface area contributed by atoms with E-state index in [9.17, 15) is 24.5 Å². The number of hydrogen-bond acceptors (Lipinski definition) is 7. The van der Waals surface area contributed by atoms with Crippen LogP contribution in [0, 0.1) is 10.1 Å². The SMILES string of the molecule is O=C(CN1CN(c2ccccc2)C2(CCN(C(=O)c3ccc([N+](=O)[O-])cc3)CC2)C1=O)NCc1ccco1. The van der Waals surface area contributed by atoms with Gasteiger partial charge in [0.15, 0.2) is 0 Å². The quantitative estimate of drug-likeness (QED) is 0.377. The second-order valence-electron chi connectivity index (χ2n) is 9.39. The molecule has 2 aliphatic heterocycles. The number of rotatable bonds is 7. The van der Waals surface area contributed by atoms with Crippen molar-refractivity contribution in [1.29, 1.82) is 0 Å². The number of para-hydroxylation sites is 1. The number of nitrogens with one attached hydrogen (secondary N) is 1. The van der Waals surface area contributed by atoms with E-state index in [0.29, 0.717) is 37.3 Å². The van der Waals surface area contributed by atoms with E-state index in [1.54, 1.807) is 21.9 Å². The summed E-state index contributed by atoms with van der Waals surface area (Å²) in [6, 6.07) is 18.6. The molecule has 2 aliphatic rings. The van der Waals surface area contributed by atoms with Crippen molar-refractivity contribution >= 4 is 29.1 Å². The zero-order valence-corrected chi connectivity index (χ0v) is 20.6. The van der Waals surface area contributed by atoms with Crippen LogP contribution in [-0.2, 0) is 16.1 Å². The van der Waals surface area contributed by atoms with E-state index in [1.165, 1.54) is 30.5 Å². The Morgan fingerprint density at radius 1 is 1.00 bits per heavy atom. The fourth-order valence-corrected chi connectivity index (χ4v) is 5.14. The molecule has 11 nitrogen and oxygen atoms in total. The summed E-state index contributed by atoms with van der Waals surface area (Å²) in [5.41, 5.74) is 0.269. The van der Waals surface area contributed by atoms with E-state index >= 15 is 0 Å². The van der Waals surface area contributed by atoms with Gasteiger partial charge in [-0.15, -0.1) is 0 Å². The number of benzene rings is 2. The van der Waals surface area contributed by atoms with Gasteiger partial charge in [-0.2, -0.15) is 0 Å². The highest BCUT2D eigenvalue weighted by Crippen LogP contribution is 2.39. The molecule has 5 rings (SSSR count). The highest BCUT2D eigenvalue weighted by Gasteiger charge is 2.54. The minimum Gasteiger partial charge on any atom is -0.467 e. The fourth-order valence-electron chi connectivity index (χ4n) is 5.14. The molecular formula is C27H27N5O6. The number of nitrogens with zero attached hydrogens (tertiary/aromatic N) is 4. The van der Waals surface area contributed by atoms with Crippen LogP contribution in [0.1, 0.15) is 29.0 Å². The topological polar surface area (TPSA) is 129 Å². The summed E-state index contributed by atoms with van der Waals surface area (Å²) in [5, 5.41) is 13.7. The van der Waals surface area contributed by atoms with Crippen molar-refractivity contribution in [1.82, 2.24) is 15.1 Å². The lowest BCUT2D eigenvalue weighted by atomic mass is 9.85. The van der Waals surface area contributed by atoms with Crippen LogP contribution in [0.15, 0.2) is 77.4 Å². The predicted octanol–water partition coefficient (Wildman–Crippen LogP) is 2.79. The maximum absolute atomic E-state index is 13.8. The Bertz CT molecular complexity index is 1320. The van der Waals surface area contributed by atoms with Gasteiger partial charge in [0.2, 0.25) is 5.91 Å². The van der Waals surface area contributed by atoms with Crippen molar-refractivity contribution in [3.63, 3.8) is 0 Å². The fraction of sp³-hybridized carbons (Fsp3) is 0.296. The van der Waals surface area contributed by atoms with Crippen molar-refractivity contribution in [3.8, 4) is 0 Å². The summed E-state index contributed by atoms with van der Waals surface area (Å²) in [6.45, 7) is 1.08. The molecule has 2 aromatic carbocycles. The molecule has 1 N–H and O–H groups in total. The van der Waals surface area contributed by atoms with Gasteiger partial charge < -0.3 is 24.4 Å². The van der Waals surface area contributed by atoms with Crippen LogP contribution in [0.4, 0.5) is 11.4 Å². The Morgan fingerprint density at radius 3 is 2.34 bits per heavy atom. The Morgan fingerprint density at radius 2 is 1.71 bits per heavy atom. The normalized spacial score (nSPS) is 16.6. The number of amides is 3. The molecule has 11 heteroatoms. The molecule has 1 aromatic heterocycles. The summed E-state index contributed by atoms with van der Waals surface area (Å²) in [6.07, 6.45) is 2.32. The minimum absolute atomic E-state index is 0.0810. The number of non-ortho nitro benzene ring substituents is 1. The molecule has 2 saturated heterocycles. The van der Waals surface area contributed by atoms with Gasteiger partial charge in [-0.05, 0) is 49.2 Å². The monoisotopic (exact) mass is 517 g/mol. The number of carbonyl (C=O) groups excluding carboxylic acids is 3. The smallest absolute Gasteiger partial charge is 0.269 e. The van der Waals surface area contributed by atoms with Gasteiger partial charge in [-0.3, -0.25) is 24.5 Å². The van der Waals surface area contributed by atoms with Gasteiger partial charge in [0.25, 0.3) is 17.5 Å². The first kappa shape index (κ1) is 25.0. The van der Waals surface area contributed by atoms with Gasteiger partial charge in [0, 0.05) is 36.5 Å². The van der Waals surface area contributed by atoms with E-state index < -0.39 is 10.5 Å². The minimum atomic E-state index is -0.880. The second kappa shape index (κ2) is 10.4. The first-order valence-corrected chi connectivity index (χ1v) is 12.3. The summed E-state index contributed by atoms with van der Waals surface area (Å²) in [7, 11) is 0. The van der Waals surface area contributed by atoms with E-state index in [1.807, 2.05) is 35.2 Å². The third-order valence-electron chi connectivity index (χ3n) is 7.16. The predicted molar refractivity (Wildman–Crippen MR) is 137 cm³/mol. The summed E-state index contributed by atoms with van der Waals surface area (Å²) in [5.74, 6) is -0.0401. The molecule has 2 fully saturated rings. The molecule has 0 atom stereocenters. The second-order valence-corrected chi connectivity index (χ2v) is 9.39. The van der Waals surface area contributed by atoms with Gasteiger partial charge in [-0.1, -0.05) is 18.2 Å². The van der Waals surface area contributed by atoms with Gasteiger partial charge >= 0.3 is 0 Å². The molecule has 3 aromatic rings. The Labute approximate surface area is 218 Å². The standard InChI is InChI=1S/C27H27N5O6/c33-24(28-17-23-7-4-16-38-23)18-30-19-31(21-5-2-1-3-6-21)27(26(30)35)12-14-29(15-13-27)25(34)20-8-10-22(11-9-20)32(36)37/h1-11,16H,12-15,17-19H2,(H,28,33). The van der Waals surface area contributed by atoms with Crippen LogP contribution in [0.5, 0.6) is 0 Å². The third-order valence-corrected chi connectivity index (χ3v) is 7.16. The largest absolute Gasteiger partial charge is 0.467 e. The van der Waals surface area contributed by atoms with Crippen molar-refractivity contribution < 1.29 is 23.7 Å². The number of carbonyl (C=O) groups is 3. The first-order chi connectivity index (χ1) is 18.4. The molecule has 0 bridgehead atoms. The number of anilines is 1. The van der Waals surface area contributed by atoms with E-state index in [4.69, 9.17) is 4.42 Å². The van der Waals surface area contributed by atoms with Gasteiger partial charge in [0.05, 0.1) is 24.4 Å². The molecule has 0 radical (unpaired) electrons. The molecule has 0 saturated carbocycles. The summed E-state index contributed by atoms with van der Waals surface area (Å²) in [4.78, 5) is 55.2. The van der Waals surface area contributed by atoms with E-state index in [0.717, 1.165) is 5.69 Å². The van der Waals surface area contributed by atoms with Crippen molar-refractivity contribution in [2.24, 2.45) is 0 Å². The lowest BCUT2D eigenvalue weighted by Crippen LogP contribution is -2.57. The Balaban J connectivity index is 1.30. The summed E-state index contributed by atoms with van der Waals surface area (Å²) >= 11 is 0. The Hall–Kier alpha value is -4.67. The zero-order chi connectivity index (χ0) is 26.7. The lowest BCUT2D eigenvalue weighted by Gasteiger charge is -2.43. The number of piperidine rings is 1. The molecular weight excluding hydrogens is 490 g/mol. The number of nitro groups is 1. The third kappa shape index (κ3) is 4.82. The van der Waals surface area contributed by atoms with Crippen LogP contribution in [-0.4, -0.2) is 64.3 Å². The number of nitro benzene ring substituents is 1. The maximum Gasteiger partial charge on any atom is 0.269 e. The molecule has 1 spiro atoms. The first-order valence-electron chi connectivity index (χ1n) is 12.3. The average molecular weight is 518 g/mol. The van der Waals surface area contributed by atoms with Crippen LogP contribution < -0.4 is 10.2 Å². The molecule has 0 unspecified atom stereocenters. The Kier molecular flexibility index (Phi) is 6.82. The van der Waals surface area contributed by atoms with Crippen molar-refractivity contribution in [3.05, 3.63) is 94.4 Å². The van der Waals surface area contributed by atoms with Crippen LogP contribution in [0.25, 0.3) is 0 Å². The summed E-state index contributed by atoms with van der Waals surface area (Å²) < 4.78 is 5.25. The van der Waals surface area contributed by atoms with Crippen LogP contribution in [0.2, 0.25) is 0 Å². The number of furan rings is 1. The van der Waals surface area contributed by atoms with Crippen LogP contribution >= 0.6 is 0 Å². The van der Waals surface area contributed by atoms with E-state index in [-0.39, 0.29) is 43.2 Å². The van der Waals surface area contributed by atoms with Crippen molar-refractivity contribution in [2.45, 2.75) is 24.9 Å². The number of hydrogen-bond donors (Lipinski definition) is 1. The molecule has 38 heavy (non-hydrogen) atoms. The molecule has 0 aliphatic carbocycles. The highest BCUT2D eigenvalue weighted by atomic mass is 16.6. The molecule has 196 valence electrons. The lowest BCUT2D eigenvalue weighted by molar-refractivity contribution is -0.384. The van der Waals surface area contributed by atoms with Crippen molar-refractivity contribution in [2.75, 3.05) is 31.2 Å². The van der Waals surface area contributed by atoms with Gasteiger partial charge in [-0.25, -0.2) is 0 Å².